The zero-order valence-corrected chi connectivity index (χ0v) is 12.9. The summed E-state index contributed by atoms with van der Waals surface area (Å²) in [7, 11) is 2.02. The molecule has 5 heteroatoms. The molecule has 0 saturated heterocycles. The molecule has 2 N–H and O–H groups in total. The van der Waals surface area contributed by atoms with Crippen molar-refractivity contribution in [3.63, 3.8) is 0 Å². The number of rotatable bonds is 3. The number of hydrogen-bond donors (Lipinski definition) is 2. The number of hydrogen-bond acceptors (Lipinski definition) is 4. The van der Waals surface area contributed by atoms with E-state index in [4.69, 9.17) is 0 Å². The summed E-state index contributed by atoms with van der Waals surface area (Å²) in [6, 6.07) is 2.02. The fourth-order valence-electron chi connectivity index (χ4n) is 2.73. The Hall–Kier alpha value is -0.810. The first-order chi connectivity index (χ1) is 8.89. The SMILES string of the molecule is CNC1CCC(C)(C)CC1Sc1nc(C)cc(=O)[nH]1. The maximum atomic E-state index is 11.5. The Labute approximate surface area is 118 Å². The van der Waals surface area contributed by atoms with Gasteiger partial charge in [-0.25, -0.2) is 4.98 Å². The van der Waals surface area contributed by atoms with Gasteiger partial charge in [0.25, 0.3) is 5.56 Å². The van der Waals surface area contributed by atoms with Gasteiger partial charge in [-0.2, -0.15) is 0 Å². The van der Waals surface area contributed by atoms with Gasteiger partial charge in [-0.15, -0.1) is 0 Å². The van der Waals surface area contributed by atoms with Crippen molar-refractivity contribution in [2.75, 3.05) is 7.05 Å². The lowest BCUT2D eigenvalue weighted by molar-refractivity contribution is 0.218. The highest BCUT2D eigenvalue weighted by atomic mass is 32.2. The van der Waals surface area contributed by atoms with Crippen molar-refractivity contribution in [3.8, 4) is 0 Å². The van der Waals surface area contributed by atoms with Crippen LogP contribution in [0.2, 0.25) is 0 Å². The molecular formula is C14H23N3OS. The predicted molar refractivity (Wildman–Crippen MR) is 79.7 cm³/mol. The Bertz CT molecular complexity index is 498. The quantitative estimate of drug-likeness (QED) is 0.835. The van der Waals surface area contributed by atoms with Gasteiger partial charge in [0.2, 0.25) is 0 Å². The van der Waals surface area contributed by atoms with Crippen molar-refractivity contribution in [3.05, 3.63) is 22.1 Å². The Kier molecular flexibility index (Phi) is 4.36. The first-order valence-electron chi connectivity index (χ1n) is 6.81. The van der Waals surface area contributed by atoms with E-state index in [1.54, 1.807) is 11.8 Å². The lowest BCUT2D eigenvalue weighted by atomic mass is 9.75. The lowest BCUT2D eigenvalue weighted by Gasteiger charge is -2.40. The second-order valence-corrected chi connectivity index (χ2v) is 7.38. The van der Waals surface area contributed by atoms with E-state index < -0.39 is 0 Å². The first-order valence-corrected chi connectivity index (χ1v) is 7.69. The second-order valence-electron chi connectivity index (χ2n) is 6.15. The molecule has 2 rings (SSSR count). The van der Waals surface area contributed by atoms with Crippen LogP contribution in [-0.2, 0) is 0 Å². The van der Waals surface area contributed by atoms with Gasteiger partial charge in [0.1, 0.15) is 0 Å². The molecule has 2 unspecified atom stereocenters. The van der Waals surface area contributed by atoms with E-state index in [1.165, 1.54) is 18.9 Å². The Balaban J connectivity index is 2.16. The highest BCUT2D eigenvalue weighted by Gasteiger charge is 2.35. The summed E-state index contributed by atoms with van der Waals surface area (Å²) in [6.45, 7) is 6.50. The van der Waals surface area contributed by atoms with Crippen LogP contribution in [0.5, 0.6) is 0 Å². The molecule has 0 amide bonds. The molecule has 1 heterocycles. The van der Waals surface area contributed by atoms with Crippen LogP contribution in [0.4, 0.5) is 0 Å². The average Bonchev–Trinajstić information content (AvgIpc) is 2.26. The summed E-state index contributed by atoms with van der Waals surface area (Å²) in [5.41, 5.74) is 1.09. The molecule has 4 nitrogen and oxygen atoms in total. The Morgan fingerprint density at radius 2 is 2.26 bits per heavy atom. The van der Waals surface area contributed by atoms with E-state index in [-0.39, 0.29) is 5.56 Å². The van der Waals surface area contributed by atoms with Gasteiger partial charge >= 0.3 is 0 Å². The molecule has 0 aliphatic heterocycles. The van der Waals surface area contributed by atoms with E-state index in [0.29, 0.717) is 16.7 Å². The smallest absolute Gasteiger partial charge is 0.251 e. The molecule has 0 radical (unpaired) electrons. The molecular weight excluding hydrogens is 258 g/mol. The Morgan fingerprint density at radius 1 is 1.53 bits per heavy atom. The van der Waals surface area contributed by atoms with Gasteiger partial charge in [-0.05, 0) is 38.6 Å². The minimum absolute atomic E-state index is 0.0638. The third-order valence-corrected chi connectivity index (χ3v) is 5.03. The zero-order valence-electron chi connectivity index (χ0n) is 12.1. The van der Waals surface area contributed by atoms with Crippen molar-refractivity contribution in [2.45, 2.75) is 56.5 Å². The van der Waals surface area contributed by atoms with E-state index in [9.17, 15) is 4.79 Å². The van der Waals surface area contributed by atoms with Gasteiger partial charge < -0.3 is 10.3 Å². The van der Waals surface area contributed by atoms with Crippen molar-refractivity contribution >= 4 is 11.8 Å². The molecule has 1 aromatic rings. The summed E-state index contributed by atoms with van der Waals surface area (Å²) in [5, 5.41) is 4.60. The van der Waals surface area contributed by atoms with Crippen LogP contribution in [0.25, 0.3) is 0 Å². The molecule has 106 valence electrons. The number of aromatic amines is 1. The normalized spacial score (nSPS) is 26.3. The van der Waals surface area contributed by atoms with E-state index in [0.717, 1.165) is 17.3 Å². The number of aromatic nitrogens is 2. The summed E-state index contributed by atoms with van der Waals surface area (Å²) in [4.78, 5) is 18.8. The van der Waals surface area contributed by atoms with Crippen molar-refractivity contribution in [2.24, 2.45) is 5.41 Å². The van der Waals surface area contributed by atoms with Crippen LogP contribution in [-0.4, -0.2) is 28.3 Å². The maximum absolute atomic E-state index is 11.5. The van der Waals surface area contributed by atoms with Gasteiger partial charge in [0.05, 0.1) is 0 Å². The van der Waals surface area contributed by atoms with E-state index in [1.807, 2.05) is 14.0 Å². The fourth-order valence-corrected chi connectivity index (χ4v) is 4.34. The summed E-state index contributed by atoms with van der Waals surface area (Å²) in [5.74, 6) is 0. The number of aryl methyl sites for hydroxylation is 1. The maximum Gasteiger partial charge on any atom is 0.251 e. The molecule has 1 aliphatic rings. The van der Waals surface area contributed by atoms with Crippen molar-refractivity contribution < 1.29 is 0 Å². The molecule has 0 bridgehead atoms. The average molecular weight is 281 g/mol. The van der Waals surface area contributed by atoms with Crippen LogP contribution < -0.4 is 10.9 Å². The second kappa shape index (κ2) is 5.67. The molecule has 1 aliphatic carbocycles. The molecule has 1 fully saturated rings. The zero-order chi connectivity index (χ0) is 14.0. The van der Waals surface area contributed by atoms with Crippen LogP contribution in [0.15, 0.2) is 16.0 Å². The highest BCUT2D eigenvalue weighted by Crippen LogP contribution is 2.41. The van der Waals surface area contributed by atoms with E-state index >= 15 is 0 Å². The monoisotopic (exact) mass is 281 g/mol. The van der Waals surface area contributed by atoms with Crippen LogP contribution >= 0.6 is 11.8 Å². The molecule has 19 heavy (non-hydrogen) atoms. The number of nitrogens with zero attached hydrogens (tertiary/aromatic N) is 1. The topological polar surface area (TPSA) is 57.8 Å². The lowest BCUT2D eigenvalue weighted by Crippen LogP contribution is -2.43. The van der Waals surface area contributed by atoms with Crippen LogP contribution in [0, 0.1) is 12.3 Å². The number of H-pyrrole nitrogens is 1. The summed E-state index contributed by atoms with van der Waals surface area (Å²) >= 11 is 1.70. The molecule has 1 saturated carbocycles. The minimum atomic E-state index is -0.0638. The van der Waals surface area contributed by atoms with Gasteiger partial charge in [-0.3, -0.25) is 4.79 Å². The largest absolute Gasteiger partial charge is 0.316 e. The fraction of sp³-hybridized carbons (Fsp3) is 0.714. The summed E-state index contributed by atoms with van der Waals surface area (Å²) < 4.78 is 0. The standard InChI is InChI=1S/C14H23N3OS/c1-9-7-12(18)17-13(16-9)19-11-8-14(2,3)6-5-10(11)15-4/h7,10-11,15H,5-6,8H2,1-4H3,(H,16,17,18). The number of thioether (sulfide) groups is 1. The predicted octanol–water partition coefficient (Wildman–Crippen LogP) is 2.34. The molecule has 0 spiro atoms. The molecule has 0 aromatic carbocycles. The van der Waals surface area contributed by atoms with Crippen molar-refractivity contribution in [1.29, 1.82) is 0 Å². The van der Waals surface area contributed by atoms with Gasteiger partial charge in [0, 0.05) is 23.1 Å². The Morgan fingerprint density at radius 3 is 2.89 bits per heavy atom. The molecule has 2 atom stereocenters. The minimum Gasteiger partial charge on any atom is -0.316 e. The van der Waals surface area contributed by atoms with Crippen LogP contribution in [0.1, 0.15) is 38.8 Å². The van der Waals surface area contributed by atoms with Crippen LogP contribution in [0.3, 0.4) is 0 Å². The highest BCUT2D eigenvalue weighted by molar-refractivity contribution is 7.99. The van der Waals surface area contributed by atoms with Gasteiger partial charge in [0.15, 0.2) is 5.16 Å². The first kappa shape index (κ1) is 14.6. The third-order valence-electron chi connectivity index (χ3n) is 3.82. The van der Waals surface area contributed by atoms with E-state index in [2.05, 4.69) is 29.1 Å². The third kappa shape index (κ3) is 3.83. The molecule has 1 aromatic heterocycles. The number of nitrogens with one attached hydrogen (secondary N) is 2. The van der Waals surface area contributed by atoms with Crippen molar-refractivity contribution in [1.82, 2.24) is 15.3 Å². The summed E-state index contributed by atoms with van der Waals surface area (Å²) in [6.07, 6.45) is 3.56. The van der Waals surface area contributed by atoms with Gasteiger partial charge in [-0.1, -0.05) is 25.6 Å².